The van der Waals surface area contributed by atoms with Crippen LogP contribution in [0.15, 0.2) is 48.8 Å². The fraction of sp³-hybridized carbons (Fsp3) is 0.312. The highest BCUT2D eigenvalue weighted by atomic mass is 16.5. The molecule has 3 heteroatoms. The third kappa shape index (κ3) is 4.62. The fourth-order valence-corrected chi connectivity index (χ4v) is 1.71. The normalized spacial score (nSPS) is 11.1. The average molecular weight is 256 g/mol. The molecule has 2 aromatic rings. The molecule has 19 heavy (non-hydrogen) atoms. The summed E-state index contributed by atoms with van der Waals surface area (Å²) in [6, 6.07) is 11.9. The van der Waals surface area contributed by atoms with Crippen LogP contribution in [0, 0.1) is 0 Å². The number of anilines is 1. The van der Waals surface area contributed by atoms with Gasteiger partial charge in [0.05, 0.1) is 0 Å². The first-order valence-electron chi connectivity index (χ1n) is 6.43. The molecule has 0 spiro atoms. The van der Waals surface area contributed by atoms with E-state index < -0.39 is 0 Å². The zero-order chi connectivity index (χ0) is 13.7. The van der Waals surface area contributed by atoms with Gasteiger partial charge in [-0.15, -0.1) is 0 Å². The van der Waals surface area contributed by atoms with Gasteiger partial charge in [-0.2, -0.15) is 0 Å². The van der Waals surface area contributed by atoms with Crippen molar-refractivity contribution in [2.75, 3.05) is 5.32 Å². The van der Waals surface area contributed by atoms with Crippen LogP contribution in [0.2, 0.25) is 0 Å². The van der Waals surface area contributed by atoms with Gasteiger partial charge in [0.2, 0.25) is 0 Å². The smallest absolute Gasteiger partial charge is 0.119 e. The fourth-order valence-electron chi connectivity index (χ4n) is 1.71. The zero-order valence-corrected chi connectivity index (χ0v) is 11.7. The number of rotatable bonds is 4. The Kier molecular flexibility index (Phi) is 4.05. The SMILES string of the molecule is CC(C)(C)Nc1ccc(OCc2ccncc2)cc1. The third-order valence-electron chi connectivity index (χ3n) is 2.53. The van der Waals surface area contributed by atoms with E-state index in [1.807, 2.05) is 36.4 Å². The van der Waals surface area contributed by atoms with E-state index in [2.05, 4.69) is 31.1 Å². The summed E-state index contributed by atoms with van der Waals surface area (Å²) in [7, 11) is 0. The van der Waals surface area contributed by atoms with Crippen molar-refractivity contribution in [1.29, 1.82) is 0 Å². The van der Waals surface area contributed by atoms with E-state index >= 15 is 0 Å². The lowest BCUT2D eigenvalue weighted by Gasteiger charge is -2.22. The molecule has 0 aliphatic rings. The number of nitrogens with zero attached hydrogens (tertiary/aromatic N) is 1. The van der Waals surface area contributed by atoms with Crippen LogP contribution in [0.25, 0.3) is 0 Å². The number of hydrogen-bond acceptors (Lipinski definition) is 3. The zero-order valence-electron chi connectivity index (χ0n) is 11.7. The summed E-state index contributed by atoms with van der Waals surface area (Å²) in [5.74, 6) is 0.872. The van der Waals surface area contributed by atoms with Gasteiger partial charge < -0.3 is 10.1 Å². The summed E-state index contributed by atoms with van der Waals surface area (Å²) in [6.07, 6.45) is 3.55. The quantitative estimate of drug-likeness (QED) is 0.901. The predicted molar refractivity (Wildman–Crippen MR) is 78.4 cm³/mol. The first kappa shape index (κ1) is 13.4. The molecular formula is C16H20N2O. The second-order valence-corrected chi connectivity index (χ2v) is 5.54. The third-order valence-corrected chi connectivity index (χ3v) is 2.53. The number of nitrogens with one attached hydrogen (secondary N) is 1. The van der Waals surface area contributed by atoms with Crippen molar-refractivity contribution in [1.82, 2.24) is 4.98 Å². The van der Waals surface area contributed by atoms with Crippen molar-refractivity contribution >= 4 is 5.69 Å². The van der Waals surface area contributed by atoms with E-state index in [1.54, 1.807) is 12.4 Å². The Hall–Kier alpha value is -2.03. The molecule has 0 atom stereocenters. The van der Waals surface area contributed by atoms with Gasteiger partial charge in [0, 0.05) is 23.6 Å². The largest absolute Gasteiger partial charge is 0.489 e. The van der Waals surface area contributed by atoms with Crippen LogP contribution in [-0.4, -0.2) is 10.5 Å². The van der Waals surface area contributed by atoms with Crippen LogP contribution < -0.4 is 10.1 Å². The van der Waals surface area contributed by atoms with Crippen LogP contribution in [0.4, 0.5) is 5.69 Å². The molecule has 0 unspecified atom stereocenters. The minimum atomic E-state index is 0.0689. The van der Waals surface area contributed by atoms with Gasteiger partial charge in [-0.1, -0.05) is 0 Å². The Morgan fingerprint density at radius 3 is 2.21 bits per heavy atom. The first-order chi connectivity index (χ1) is 9.03. The Balaban J connectivity index is 1.92. The highest BCUT2D eigenvalue weighted by Crippen LogP contribution is 2.19. The monoisotopic (exact) mass is 256 g/mol. The van der Waals surface area contributed by atoms with E-state index in [4.69, 9.17) is 4.74 Å². The molecule has 1 N–H and O–H groups in total. The molecule has 2 rings (SSSR count). The lowest BCUT2D eigenvalue weighted by atomic mass is 10.1. The molecular weight excluding hydrogens is 236 g/mol. The number of ether oxygens (including phenoxy) is 1. The maximum atomic E-state index is 5.72. The highest BCUT2D eigenvalue weighted by Gasteiger charge is 2.08. The average Bonchev–Trinajstić information content (AvgIpc) is 2.37. The van der Waals surface area contributed by atoms with E-state index in [1.165, 1.54) is 0 Å². The van der Waals surface area contributed by atoms with Crippen LogP contribution >= 0.6 is 0 Å². The molecule has 1 aromatic heterocycles. The van der Waals surface area contributed by atoms with Gasteiger partial charge in [-0.25, -0.2) is 0 Å². The van der Waals surface area contributed by atoms with E-state index in [-0.39, 0.29) is 5.54 Å². The molecule has 1 aromatic carbocycles. The lowest BCUT2D eigenvalue weighted by molar-refractivity contribution is 0.306. The Morgan fingerprint density at radius 2 is 1.63 bits per heavy atom. The summed E-state index contributed by atoms with van der Waals surface area (Å²) in [4.78, 5) is 3.98. The van der Waals surface area contributed by atoms with E-state index in [0.717, 1.165) is 17.0 Å². The number of aromatic nitrogens is 1. The standard InChI is InChI=1S/C16H20N2O/c1-16(2,3)18-14-4-6-15(7-5-14)19-12-13-8-10-17-11-9-13/h4-11,18H,12H2,1-3H3. The molecule has 3 nitrogen and oxygen atoms in total. The second-order valence-electron chi connectivity index (χ2n) is 5.54. The lowest BCUT2D eigenvalue weighted by Crippen LogP contribution is -2.25. The van der Waals surface area contributed by atoms with Crippen molar-refractivity contribution in [2.45, 2.75) is 32.9 Å². The predicted octanol–water partition coefficient (Wildman–Crippen LogP) is 3.87. The van der Waals surface area contributed by atoms with Gasteiger partial charge in [-0.3, -0.25) is 4.98 Å². The molecule has 0 fully saturated rings. The minimum Gasteiger partial charge on any atom is -0.489 e. The van der Waals surface area contributed by atoms with Crippen LogP contribution in [0.3, 0.4) is 0 Å². The van der Waals surface area contributed by atoms with Gasteiger partial charge in [0.15, 0.2) is 0 Å². The summed E-state index contributed by atoms with van der Waals surface area (Å²) < 4.78 is 5.72. The van der Waals surface area contributed by atoms with Gasteiger partial charge in [0.25, 0.3) is 0 Å². The molecule has 0 radical (unpaired) electrons. The Labute approximate surface area is 114 Å². The molecule has 0 aliphatic carbocycles. The summed E-state index contributed by atoms with van der Waals surface area (Å²) in [5.41, 5.74) is 2.29. The van der Waals surface area contributed by atoms with Crippen LogP contribution in [-0.2, 0) is 6.61 Å². The summed E-state index contributed by atoms with van der Waals surface area (Å²) in [6.45, 7) is 6.98. The van der Waals surface area contributed by atoms with Crippen molar-refractivity contribution in [2.24, 2.45) is 0 Å². The van der Waals surface area contributed by atoms with Crippen molar-refractivity contribution < 1.29 is 4.74 Å². The number of pyridine rings is 1. The Morgan fingerprint density at radius 1 is 1.00 bits per heavy atom. The van der Waals surface area contributed by atoms with Gasteiger partial charge in [0.1, 0.15) is 12.4 Å². The Bertz CT molecular complexity index is 501. The van der Waals surface area contributed by atoms with E-state index in [9.17, 15) is 0 Å². The molecule has 0 saturated carbocycles. The minimum absolute atomic E-state index is 0.0689. The molecule has 100 valence electrons. The second kappa shape index (κ2) is 5.74. The van der Waals surface area contributed by atoms with Crippen molar-refractivity contribution in [3.05, 3.63) is 54.4 Å². The highest BCUT2D eigenvalue weighted by molar-refractivity contribution is 5.47. The van der Waals surface area contributed by atoms with Gasteiger partial charge in [-0.05, 0) is 62.7 Å². The maximum absolute atomic E-state index is 5.72. The van der Waals surface area contributed by atoms with Gasteiger partial charge >= 0.3 is 0 Å². The molecule has 0 aliphatic heterocycles. The van der Waals surface area contributed by atoms with Crippen molar-refractivity contribution in [3.63, 3.8) is 0 Å². The maximum Gasteiger partial charge on any atom is 0.119 e. The van der Waals surface area contributed by atoms with Crippen LogP contribution in [0.1, 0.15) is 26.3 Å². The number of benzene rings is 1. The molecule has 0 saturated heterocycles. The first-order valence-corrected chi connectivity index (χ1v) is 6.43. The summed E-state index contributed by atoms with van der Waals surface area (Å²) >= 11 is 0. The topological polar surface area (TPSA) is 34.1 Å². The molecule has 0 amide bonds. The molecule has 0 bridgehead atoms. The number of hydrogen-bond donors (Lipinski definition) is 1. The molecule has 1 heterocycles. The summed E-state index contributed by atoms with van der Waals surface area (Å²) in [5, 5.41) is 3.42. The van der Waals surface area contributed by atoms with Crippen molar-refractivity contribution in [3.8, 4) is 5.75 Å². The van der Waals surface area contributed by atoms with E-state index in [0.29, 0.717) is 6.61 Å². The van der Waals surface area contributed by atoms with Crippen LogP contribution in [0.5, 0.6) is 5.75 Å².